The number of halogens is 1. The number of rotatable bonds is 8. The molecule has 0 atom stereocenters. The maximum atomic E-state index is 5.17. The van der Waals surface area contributed by atoms with Crippen LogP contribution < -0.4 is 15.4 Å². The van der Waals surface area contributed by atoms with Gasteiger partial charge in [-0.3, -0.25) is 4.99 Å². The molecule has 0 aromatic heterocycles. The third kappa shape index (κ3) is 8.05. The lowest BCUT2D eigenvalue weighted by atomic mass is 10.2. The van der Waals surface area contributed by atoms with Crippen molar-refractivity contribution in [2.75, 3.05) is 34.3 Å². The number of aliphatic imine (C=N–C) groups is 1. The van der Waals surface area contributed by atoms with E-state index in [1.807, 2.05) is 30.3 Å². The van der Waals surface area contributed by atoms with Gasteiger partial charge in [0.15, 0.2) is 5.96 Å². The van der Waals surface area contributed by atoms with E-state index in [9.17, 15) is 0 Å². The molecule has 2 N–H and O–H groups in total. The SMILES string of the molecule is CN=C(NCCN(C)Cc1ccccc1)NCc1ccc(OC)cc1.I. The van der Waals surface area contributed by atoms with Crippen molar-refractivity contribution in [3.8, 4) is 5.75 Å². The van der Waals surface area contributed by atoms with Gasteiger partial charge in [0.2, 0.25) is 0 Å². The average molecular weight is 468 g/mol. The molecule has 6 heteroatoms. The van der Waals surface area contributed by atoms with Gasteiger partial charge in [0.05, 0.1) is 7.11 Å². The Kier molecular flexibility index (Phi) is 10.7. The summed E-state index contributed by atoms with van der Waals surface area (Å²) in [5.41, 5.74) is 2.51. The molecule has 0 aliphatic rings. The molecule has 0 aliphatic carbocycles. The molecule has 0 aliphatic heterocycles. The minimum absolute atomic E-state index is 0. The van der Waals surface area contributed by atoms with Crippen LogP contribution in [-0.4, -0.2) is 45.2 Å². The number of hydrogen-bond acceptors (Lipinski definition) is 3. The van der Waals surface area contributed by atoms with Crippen LogP contribution in [0.5, 0.6) is 5.75 Å². The lowest BCUT2D eigenvalue weighted by Gasteiger charge is -2.18. The summed E-state index contributed by atoms with van der Waals surface area (Å²) in [6.45, 7) is 3.45. The van der Waals surface area contributed by atoms with E-state index in [-0.39, 0.29) is 24.0 Å². The molecule has 0 saturated carbocycles. The Hall–Kier alpha value is -1.80. The first-order valence-corrected chi connectivity index (χ1v) is 8.51. The number of methoxy groups -OCH3 is 1. The summed E-state index contributed by atoms with van der Waals surface area (Å²) >= 11 is 0. The average Bonchev–Trinajstić information content (AvgIpc) is 2.65. The normalized spacial score (nSPS) is 11.0. The number of likely N-dealkylation sites (N-methyl/N-ethyl adjacent to an activating group) is 1. The molecule has 0 heterocycles. The van der Waals surface area contributed by atoms with Crippen molar-refractivity contribution >= 4 is 29.9 Å². The Bertz CT molecular complexity index is 647. The second kappa shape index (κ2) is 12.5. The number of guanidine groups is 1. The van der Waals surface area contributed by atoms with Gasteiger partial charge in [-0.2, -0.15) is 0 Å². The van der Waals surface area contributed by atoms with Crippen molar-refractivity contribution in [2.24, 2.45) is 4.99 Å². The molecule has 0 fully saturated rings. The third-order valence-corrected chi connectivity index (χ3v) is 3.92. The van der Waals surface area contributed by atoms with Crippen LogP contribution in [0, 0.1) is 0 Å². The minimum atomic E-state index is 0. The van der Waals surface area contributed by atoms with Gasteiger partial charge in [-0.1, -0.05) is 42.5 Å². The molecule has 2 rings (SSSR count). The summed E-state index contributed by atoms with van der Waals surface area (Å²) in [6, 6.07) is 18.5. The molecule has 0 unspecified atom stereocenters. The molecule has 2 aromatic carbocycles. The quantitative estimate of drug-likeness (QED) is 0.355. The maximum absolute atomic E-state index is 5.17. The highest BCUT2D eigenvalue weighted by Gasteiger charge is 2.02. The first-order chi connectivity index (χ1) is 12.2. The molecule has 2 aromatic rings. The van der Waals surface area contributed by atoms with Crippen LogP contribution in [0.4, 0.5) is 0 Å². The summed E-state index contributed by atoms with van der Waals surface area (Å²) in [5.74, 6) is 1.68. The van der Waals surface area contributed by atoms with E-state index in [1.165, 1.54) is 11.1 Å². The van der Waals surface area contributed by atoms with E-state index >= 15 is 0 Å². The molecular weight excluding hydrogens is 439 g/mol. The number of nitrogens with zero attached hydrogens (tertiary/aromatic N) is 2. The zero-order valence-corrected chi connectivity index (χ0v) is 18.1. The number of hydrogen-bond donors (Lipinski definition) is 2. The Balaban J connectivity index is 0.00000338. The van der Waals surface area contributed by atoms with Gasteiger partial charge in [0.1, 0.15) is 5.75 Å². The topological polar surface area (TPSA) is 48.9 Å². The lowest BCUT2D eigenvalue weighted by Crippen LogP contribution is -2.40. The zero-order chi connectivity index (χ0) is 17.9. The fraction of sp³-hybridized carbons (Fsp3) is 0.350. The van der Waals surface area contributed by atoms with E-state index < -0.39 is 0 Å². The van der Waals surface area contributed by atoms with E-state index in [1.54, 1.807) is 14.2 Å². The van der Waals surface area contributed by atoms with Gasteiger partial charge in [0, 0.05) is 33.2 Å². The molecule has 0 saturated heterocycles. The molecule has 142 valence electrons. The van der Waals surface area contributed by atoms with Crippen LogP contribution in [0.1, 0.15) is 11.1 Å². The van der Waals surface area contributed by atoms with E-state index in [2.05, 4.69) is 51.8 Å². The minimum Gasteiger partial charge on any atom is -0.497 e. The second-order valence-corrected chi connectivity index (χ2v) is 5.92. The molecule has 0 bridgehead atoms. The summed E-state index contributed by atoms with van der Waals surface area (Å²) in [6.07, 6.45) is 0. The van der Waals surface area contributed by atoms with Crippen molar-refractivity contribution in [1.29, 1.82) is 0 Å². The molecular formula is C20H29IN4O. The van der Waals surface area contributed by atoms with E-state index in [4.69, 9.17) is 4.74 Å². The van der Waals surface area contributed by atoms with Crippen LogP contribution in [0.25, 0.3) is 0 Å². The number of benzene rings is 2. The van der Waals surface area contributed by atoms with Gasteiger partial charge < -0.3 is 20.3 Å². The molecule has 5 nitrogen and oxygen atoms in total. The van der Waals surface area contributed by atoms with E-state index in [0.29, 0.717) is 0 Å². The Morgan fingerprint density at radius 1 is 1.00 bits per heavy atom. The molecule has 0 radical (unpaired) electrons. The Morgan fingerprint density at radius 3 is 2.31 bits per heavy atom. The van der Waals surface area contributed by atoms with Crippen LogP contribution in [0.3, 0.4) is 0 Å². The summed E-state index contributed by atoms with van der Waals surface area (Å²) in [5, 5.41) is 6.68. The van der Waals surface area contributed by atoms with Crippen LogP contribution in [0.2, 0.25) is 0 Å². The largest absolute Gasteiger partial charge is 0.497 e. The predicted molar refractivity (Wildman–Crippen MR) is 119 cm³/mol. The van der Waals surface area contributed by atoms with E-state index in [0.717, 1.165) is 37.9 Å². The fourth-order valence-electron chi connectivity index (χ4n) is 2.49. The number of ether oxygens (including phenoxy) is 1. The van der Waals surface area contributed by atoms with Crippen LogP contribution in [0.15, 0.2) is 59.6 Å². The van der Waals surface area contributed by atoms with Gasteiger partial charge in [0.25, 0.3) is 0 Å². The smallest absolute Gasteiger partial charge is 0.191 e. The summed E-state index contributed by atoms with van der Waals surface area (Å²) in [4.78, 5) is 6.56. The summed E-state index contributed by atoms with van der Waals surface area (Å²) in [7, 11) is 5.59. The highest BCUT2D eigenvalue weighted by Crippen LogP contribution is 2.10. The molecule has 26 heavy (non-hydrogen) atoms. The van der Waals surface area contributed by atoms with Gasteiger partial charge in [-0.05, 0) is 30.3 Å². The van der Waals surface area contributed by atoms with Gasteiger partial charge >= 0.3 is 0 Å². The third-order valence-electron chi connectivity index (χ3n) is 3.92. The van der Waals surface area contributed by atoms with Gasteiger partial charge in [-0.15, -0.1) is 24.0 Å². The predicted octanol–water partition coefficient (Wildman–Crippen LogP) is 3.11. The van der Waals surface area contributed by atoms with Crippen molar-refractivity contribution in [3.05, 3.63) is 65.7 Å². The maximum Gasteiger partial charge on any atom is 0.191 e. The first kappa shape index (κ1) is 22.2. The fourth-order valence-corrected chi connectivity index (χ4v) is 2.49. The lowest BCUT2D eigenvalue weighted by molar-refractivity contribution is 0.331. The van der Waals surface area contributed by atoms with Crippen molar-refractivity contribution < 1.29 is 4.74 Å². The van der Waals surface area contributed by atoms with Crippen molar-refractivity contribution in [3.63, 3.8) is 0 Å². The molecule has 0 spiro atoms. The zero-order valence-electron chi connectivity index (χ0n) is 15.7. The standard InChI is InChI=1S/C20H28N4O.HI/c1-21-20(23-15-17-9-11-19(25-3)12-10-17)22-13-14-24(2)16-18-7-5-4-6-8-18;/h4-12H,13-16H2,1-3H3,(H2,21,22,23);1H. The van der Waals surface area contributed by atoms with Gasteiger partial charge in [-0.25, -0.2) is 0 Å². The first-order valence-electron chi connectivity index (χ1n) is 8.51. The van der Waals surface area contributed by atoms with Crippen LogP contribution in [-0.2, 0) is 13.1 Å². The monoisotopic (exact) mass is 468 g/mol. The highest BCUT2D eigenvalue weighted by molar-refractivity contribution is 14.0. The second-order valence-electron chi connectivity index (χ2n) is 5.92. The molecule has 0 amide bonds. The van der Waals surface area contributed by atoms with Crippen molar-refractivity contribution in [1.82, 2.24) is 15.5 Å². The van der Waals surface area contributed by atoms with Crippen molar-refractivity contribution in [2.45, 2.75) is 13.1 Å². The number of nitrogens with one attached hydrogen (secondary N) is 2. The highest BCUT2D eigenvalue weighted by atomic mass is 127. The Morgan fingerprint density at radius 2 is 1.69 bits per heavy atom. The van der Waals surface area contributed by atoms with Crippen LogP contribution >= 0.6 is 24.0 Å². The Labute approximate surface area is 173 Å². The summed E-state index contributed by atoms with van der Waals surface area (Å²) < 4.78 is 5.17.